The molecular formula is C20H24O. The number of allylic oxidation sites excluding steroid dienone is 2. The molecule has 1 aliphatic rings. The summed E-state index contributed by atoms with van der Waals surface area (Å²) in [6.07, 6.45) is 1.79. The highest BCUT2D eigenvalue weighted by Crippen LogP contribution is 2.36. The third-order valence-electron chi connectivity index (χ3n) is 4.10. The van der Waals surface area contributed by atoms with Crippen LogP contribution >= 0.6 is 0 Å². The number of ketones is 1. The fourth-order valence-corrected chi connectivity index (χ4v) is 2.85. The summed E-state index contributed by atoms with van der Waals surface area (Å²) in [4.78, 5) is 11.4. The van der Waals surface area contributed by atoms with Gasteiger partial charge >= 0.3 is 0 Å². The van der Waals surface area contributed by atoms with Crippen LogP contribution < -0.4 is 0 Å². The van der Waals surface area contributed by atoms with Gasteiger partial charge in [0.1, 0.15) is 0 Å². The third kappa shape index (κ3) is 4.04. The highest BCUT2D eigenvalue weighted by Gasteiger charge is 2.28. The fraction of sp³-hybridized carbons (Fsp3) is 0.350. The van der Waals surface area contributed by atoms with E-state index in [9.17, 15) is 4.79 Å². The minimum atomic E-state index is 0.195. The van der Waals surface area contributed by atoms with Crippen molar-refractivity contribution in [3.63, 3.8) is 0 Å². The molecule has 0 spiro atoms. The average Bonchev–Trinajstić information content (AvgIpc) is 2.45. The van der Waals surface area contributed by atoms with E-state index < -0.39 is 0 Å². The van der Waals surface area contributed by atoms with Gasteiger partial charge in [0.05, 0.1) is 0 Å². The number of hydrogen-bond acceptors (Lipinski definition) is 1. The molecule has 0 saturated carbocycles. The molecule has 0 N–H and O–H groups in total. The van der Waals surface area contributed by atoms with Gasteiger partial charge in [-0.3, -0.25) is 4.79 Å². The van der Waals surface area contributed by atoms with Gasteiger partial charge in [0.15, 0.2) is 5.78 Å². The lowest BCUT2D eigenvalue weighted by atomic mass is 9.74. The van der Waals surface area contributed by atoms with Crippen LogP contribution in [0.15, 0.2) is 59.7 Å². The zero-order valence-corrected chi connectivity index (χ0v) is 13.4. The van der Waals surface area contributed by atoms with Crippen LogP contribution in [0.2, 0.25) is 0 Å². The highest BCUT2D eigenvalue weighted by molar-refractivity contribution is 5.96. The Morgan fingerprint density at radius 2 is 1.24 bits per heavy atom. The first-order valence-electron chi connectivity index (χ1n) is 7.52. The zero-order chi connectivity index (χ0) is 15.5. The number of carbonyl (C=O) groups is 1. The Morgan fingerprint density at radius 3 is 1.62 bits per heavy atom. The molecule has 0 fully saturated rings. The molecule has 0 heterocycles. The Bertz CT molecular complexity index is 612. The van der Waals surface area contributed by atoms with E-state index in [1.807, 2.05) is 6.92 Å². The van der Waals surface area contributed by atoms with Crippen LogP contribution in [0.3, 0.4) is 0 Å². The molecule has 21 heavy (non-hydrogen) atoms. The summed E-state index contributed by atoms with van der Waals surface area (Å²) in [7, 11) is 0. The molecule has 0 unspecified atom stereocenters. The van der Waals surface area contributed by atoms with Crippen LogP contribution in [0.25, 0.3) is 10.8 Å². The summed E-state index contributed by atoms with van der Waals surface area (Å²) in [6, 6.07) is 16.7. The summed E-state index contributed by atoms with van der Waals surface area (Å²) >= 11 is 0. The smallest absolute Gasteiger partial charge is 0.159 e. The van der Waals surface area contributed by atoms with Crippen molar-refractivity contribution >= 4 is 16.6 Å². The van der Waals surface area contributed by atoms with Crippen molar-refractivity contribution in [1.29, 1.82) is 0 Å². The minimum absolute atomic E-state index is 0.195. The van der Waals surface area contributed by atoms with Crippen molar-refractivity contribution in [3.8, 4) is 0 Å². The normalized spacial score (nSPS) is 17.4. The Morgan fingerprint density at radius 1 is 0.810 bits per heavy atom. The van der Waals surface area contributed by atoms with Gasteiger partial charge < -0.3 is 0 Å². The largest absolute Gasteiger partial charge is 0.295 e. The molecular weight excluding hydrogens is 256 g/mol. The van der Waals surface area contributed by atoms with Crippen LogP contribution in [0.5, 0.6) is 0 Å². The molecule has 0 atom stereocenters. The average molecular weight is 280 g/mol. The number of benzene rings is 2. The van der Waals surface area contributed by atoms with E-state index in [2.05, 4.69) is 69.3 Å². The third-order valence-corrected chi connectivity index (χ3v) is 4.10. The first-order chi connectivity index (χ1) is 9.89. The number of rotatable bonds is 0. The summed E-state index contributed by atoms with van der Waals surface area (Å²) < 4.78 is 0. The molecule has 1 aliphatic carbocycles. The second-order valence-corrected chi connectivity index (χ2v) is 6.69. The van der Waals surface area contributed by atoms with Crippen molar-refractivity contribution in [2.75, 3.05) is 0 Å². The van der Waals surface area contributed by atoms with Gasteiger partial charge in [-0.05, 0) is 42.0 Å². The van der Waals surface area contributed by atoms with Crippen molar-refractivity contribution in [2.45, 2.75) is 40.5 Å². The molecule has 0 amide bonds. The van der Waals surface area contributed by atoms with Crippen molar-refractivity contribution in [1.82, 2.24) is 0 Å². The Labute approximate surface area is 127 Å². The van der Waals surface area contributed by atoms with Crippen molar-refractivity contribution in [3.05, 3.63) is 59.7 Å². The Kier molecular flexibility index (Phi) is 4.62. The molecule has 1 nitrogen and oxygen atoms in total. The first kappa shape index (κ1) is 15.5. The van der Waals surface area contributed by atoms with E-state index >= 15 is 0 Å². The van der Waals surface area contributed by atoms with Gasteiger partial charge in [0, 0.05) is 6.42 Å². The summed E-state index contributed by atoms with van der Waals surface area (Å²) in [5, 5.41) is 2.62. The van der Waals surface area contributed by atoms with Crippen LogP contribution in [-0.4, -0.2) is 5.78 Å². The number of Topliss-reactive ketones (excluding diaryl/α,β-unsaturated/α-hetero) is 1. The molecule has 0 saturated heterocycles. The van der Waals surface area contributed by atoms with Gasteiger partial charge in [0.25, 0.3) is 0 Å². The summed E-state index contributed by atoms with van der Waals surface area (Å²) in [6.45, 7) is 8.31. The SMILES string of the molecule is CC1=C(C)C(=O)CC(C)(C)C1.c1ccc2ccccc2c1. The number of fused-ring (bicyclic) bond motifs is 1. The maximum atomic E-state index is 11.4. The monoisotopic (exact) mass is 280 g/mol. The van der Waals surface area contributed by atoms with E-state index in [-0.39, 0.29) is 5.41 Å². The van der Waals surface area contributed by atoms with E-state index in [1.165, 1.54) is 16.3 Å². The van der Waals surface area contributed by atoms with Gasteiger partial charge in [-0.15, -0.1) is 0 Å². The van der Waals surface area contributed by atoms with E-state index in [4.69, 9.17) is 0 Å². The van der Waals surface area contributed by atoms with Crippen LogP contribution in [-0.2, 0) is 4.79 Å². The predicted molar refractivity (Wildman–Crippen MR) is 90.3 cm³/mol. The Balaban J connectivity index is 0.000000154. The highest BCUT2D eigenvalue weighted by atomic mass is 16.1. The molecule has 0 aliphatic heterocycles. The van der Waals surface area contributed by atoms with Crippen molar-refractivity contribution < 1.29 is 4.79 Å². The predicted octanol–water partition coefficient (Wildman–Crippen LogP) is 5.55. The molecule has 0 bridgehead atoms. The van der Waals surface area contributed by atoms with Crippen LogP contribution in [0.4, 0.5) is 0 Å². The standard InChI is InChI=1S/C10H16O.C10H8/c1-7-5-10(3,4)6-9(11)8(7)2;1-2-6-10-8-4-3-7-9(10)5-1/h5-6H2,1-4H3;1-8H. The lowest BCUT2D eigenvalue weighted by Gasteiger charge is -2.29. The lowest BCUT2D eigenvalue weighted by molar-refractivity contribution is -0.118. The molecule has 2 aromatic rings. The maximum absolute atomic E-state index is 11.4. The lowest BCUT2D eigenvalue weighted by Crippen LogP contribution is -2.23. The number of carbonyl (C=O) groups excluding carboxylic acids is 1. The second-order valence-electron chi connectivity index (χ2n) is 6.69. The number of hydrogen-bond donors (Lipinski definition) is 0. The van der Waals surface area contributed by atoms with E-state index in [1.54, 1.807) is 0 Å². The van der Waals surface area contributed by atoms with Crippen molar-refractivity contribution in [2.24, 2.45) is 5.41 Å². The topological polar surface area (TPSA) is 17.1 Å². The summed E-state index contributed by atoms with van der Waals surface area (Å²) in [5.41, 5.74) is 2.45. The quantitative estimate of drug-likeness (QED) is 0.618. The molecule has 1 heteroatoms. The van der Waals surface area contributed by atoms with Gasteiger partial charge in [-0.2, -0.15) is 0 Å². The molecule has 3 rings (SSSR count). The van der Waals surface area contributed by atoms with E-state index in [0.29, 0.717) is 5.78 Å². The zero-order valence-electron chi connectivity index (χ0n) is 13.4. The fourth-order valence-electron chi connectivity index (χ4n) is 2.85. The van der Waals surface area contributed by atoms with Crippen LogP contribution in [0.1, 0.15) is 40.5 Å². The maximum Gasteiger partial charge on any atom is 0.159 e. The minimum Gasteiger partial charge on any atom is -0.295 e. The second kappa shape index (κ2) is 6.26. The molecule has 110 valence electrons. The summed E-state index contributed by atoms with van der Waals surface area (Å²) in [5.74, 6) is 0.332. The van der Waals surface area contributed by atoms with Gasteiger partial charge in [0.2, 0.25) is 0 Å². The van der Waals surface area contributed by atoms with E-state index in [0.717, 1.165) is 18.4 Å². The molecule has 0 radical (unpaired) electrons. The molecule has 2 aromatic carbocycles. The van der Waals surface area contributed by atoms with Gasteiger partial charge in [-0.1, -0.05) is 68.0 Å². The van der Waals surface area contributed by atoms with Crippen LogP contribution in [0, 0.1) is 5.41 Å². The molecule has 0 aromatic heterocycles. The van der Waals surface area contributed by atoms with Gasteiger partial charge in [-0.25, -0.2) is 0 Å². The first-order valence-corrected chi connectivity index (χ1v) is 7.52. The Hall–Kier alpha value is -1.89.